The van der Waals surface area contributed by atoms with Crippen molar-refractivity contribution in [1.82, 2.24) is 0 Å². The van der Waals surface area contributed by atoms with Crippen LogP contribution in [0, 0.1) is 0 Å². The van der Waals surface area contributed by atoms with Gasteiger partial charge in [-0.05, 0) is 11.5 Å². The summed E-state index contributed by atoms with van der Waals surface area (Å²) >= 11 is 7.21. The molecule has 0 aromatic rings. The lowest BCUT2D eigenvalue weighted by Gasteiger charge is -2.02. The number of thioether (sulfide) groups is 1. The van der Waals surface area contributed by atoms with Crippen molar-refractivity contribution in [3.8, 4) is 0 Å². The minimum Gasteiger partial charge on any atom is -0.298 e. The molecular formula is C6H5ClOS. The summed E-state index contributed by atoms with van der Waals surface area (Å²) in [5, 5.41) is 2.46. The van der Waals surface area contributed by atoms with Crippen LogP contribution in [0.3, 0.4) is 0 Å². The van der Waals surface area contributed by atoms with Crippen LogP contribution in [0.1, 0.15) is 0 Å². The molecule has 1 heterocycles. The van der Waals surface area contributed by atoms with E-state index in [1.54, 1.807) is 17.8 Å². The summed E-state index contributed by atoms with van der Waals surface area (Å²) in [6, 6.07) is 0. The van der Waals surface area contributed by atoms with Gasteiger partial charge in [0, 0.05) is 16.4 Å². The number of aldehydes is 1. The summed E-state index contributed by atoms with van der Waals surface area (Å²) in [4.78, 5) is 10.2. The summed E-state index contributed by atoms with van der Waals surface area (Å²) < 4.78 is 0. The largest absolute Gasteiger partial charge is 0.298 e. The lowest BCUT2D eigenvalue weighted by atomic mass is 10.3. The second kappa shape index (κ2) is 3.08. The SMILES string of the molecule is O=CC1=C(Cl)C=CSC1. The number of hydrogen-bond acceptors (Lipinski definition) is 2. The van der Waals surface area contributed by atoms with E-state index >= 15 is 0 Å². The van der Waals surface area contributed by atoms with Gasteiger partial charge < -0.3 is 0 Å². The van der Waals surface area contributed by atoms with E-state index in [4.69, 9.17) is 11.6 Å². The van der Waals surface area contributed by atoms with Crippen molar-refractivity contribution >= 4 is 29.6 Å². The van der Waals surface area contributed by atoms with Gasteiger partial charge in [-0.2, -0.15) is 0 Å². The van der Waals surface area contributed by atoms with Crippen LogP contribution < -0.4 is 0 Å². The number of allylic oxidation sites excluding steroid dienone is 2. The molecule has 0 amide bonds. The Balaban J connectivity index is 2.84. The van der Waals surface area contributed by atoms with Gasteiger partial charge >= 0.3 is 0 Å². The molecule has 0 N–H and O–H groups in total. The Labute approximate surface area is 62.8 Å². The predicted octanol–water partition coefficient (Wildman–Crippen LogP) is 1.94. The first-order valence-corrected chi connectivity index (χ1v) is 3.89. The van der Waals surface area contributed by atoms with Crippen molar-refractivity contribution < 1.29 is 4.79 Å². The second-order valence-electron chi connectivity index (χ2n) is 1.60. The molecule has 3 heteroatoms. The third-order valence-corrected chi connectivity index (χ3v) is 2.17. The van der Waals surface area contributed by atoms with Gasteiger partial charge in [0.25, 0.3) is 0 Å². The zero-order chi connectivity index (χ0) is 6.69. The molecule has 0 saturated heterocycles. The van der Waals surface area contributed by atoms with Crippen LogP contribution in [0.25, 0.3) is 0 Å². The number of rotatable bonds is 1. The van der Waals surface area contributed by atoms with Crippen LogP contribution in [0.4, 0.5) is 0 Å². The van der Waals surface area contributed by atoms with Gasteiger partial charge in [0.1, 0.15) is 6.29 Å². The van der Waals surface area contributed by atoms with E-state index in [2.05, 4.69) is 0 Å². The lowest BCUT2D eigenvalue weighted by molar-refractivity contribution is -0.104. The van der Waals surface area contributed by atoms with Crippen LogP contribution in [0.2, 0.25) is 0 Å². The summed E-state index contributed by atoms with van der Waals surface area (Å²) in [7, 11) is 0. The fourth-order valence-corrected chi connectivity index (χ4v) is 1.57. The second-order valence-corrected chi connectivity index (χ2v) is 2.91. The first-order valence-electron chi connectivity index (χ1n) is 2.46. The Morgan fingerprint density at radius 1 is 1.78 bits per heavy atom. The number of carbonyl (C=O) groups is 1. The van der Waals surface area contributed by atoms with E-state index < -0.39 is 0 Å². The molecule has 0 fully saturated rings. The van der Waals surface area contributed by atoms with E-state index in [1.165, 1.54) is 0 Å². The predicted molar refractivity (Wildman–Crippen MR) is 40.5 cm³/mol. The number of carbonyl (C=O) groups excluding carboxylic acids is 1. The summed E-state index contributed by atoms with van der Waals surface area (Å²) in [5.74, 6) is 0.707. The average molecular weight is 161 g/mol. The van der Waals surface area contributed by atoms with E-state index in [9.17, 15) is 4.79 Å². The molecule has 9 heavy (non-hydrogen) atoms. The smallest absolute Gasteiger partial charge is 0.148 e. The lowest BCUT2D eigenvalue weighted by Crippen LogP contribution is -1.93. The Morgan fingerprint density at radius 3 is 3.00 bits per heavy atom. The van der Waals surface area contributed by atoms with Gasteiger partial charge in [0.15, 0.2) is 0 Å². The Bertz CT molecular complexity index is 183. The average Bonchev–Trinajstić information content (AvgIpc) is 1.89. The third-order valence-electron chi connectivity index (χ3n) is 0.998. The van der Waals surface area contributed by atoms with E-state index in [0.29, 0.717) is 16.4 Å². The zero-order valence-corrected chi connectivity index (χ0v) is 6.21. The maximum absolute atomic E-state index is 10.2. The van der Waals surface area contributed by atoms with Crippen molar-refractivity contribution in [2.45, 2.75) is 0 Å². The molecule has 1 rings (SSSR count). The maximum Gasteiger partial charge on any atom is 0.148 e. The first-order chi connectivity index (χ1) is 4.34. The van der Waals surface area contributed by atoms with Gasteiger partial charge in [-0.25, -0.2) is 0 Å². The summed E-state index contributed by atoms with van der Waals surface area (Å²) in [6.07, 6.45) is 2.54. The maximum atomic E-state index is 10.2. The topological polar surface area (TPSA) is 17.1 Å². The molecule has 1 nitrogen and oxygen atoms in total. The molecule has 1 aliphatic rings. The van der Waals surface area contributed by atoms with Crippen LogP contribution >= 0.6 is 23.4 Å². The van der Waals surface area contributed by atoms with Crippen molar-refractivity contribution in [3.05, 3.63) is 22.1 Å². The third kappa shape index (κ3) is 1.60. The highest BCUT2D eigenvalue weighted by Gasteiger charge is 2.03. The minimum atomic E-state index is 0.573. The molecule has 0 aromatic carbocycles. The minimum absolute atomic E-state index is 0.573. The molecule has 0 spiro atoms. The van der Waals surface area contributed by atoms with Crippen LogP contribution in [-0.4, -0.2) is 12.0 Å². The van der Waals surface area contributed by atoms with E-state index in [-0.39, 0.29) is 0 Å². The van der Waals surface area contributed by atoms with Gasteiger partial charge in [0.2, 0.25) is 0 Å². The van der Waals surface area contributed by atoms with Crippen molar-refractivity contribution in [3.63, 3.8) is 0 Å². The molecule has 0 aliphatic carbocycles. The van der Waals surface area contributed by atoms with Gasteiger partial charge in [-0.15, -0.1) is 11.8 Å². The summed E-state index contributed by atoms with van der Waals surface area (Å²) in [5.41, 5.74) is 0.684. The molecule has 1 aliphatic heterocycles. The zero-order valence-electron chi connectivity index (χ0n) is 4.63. The number of hydrogen-bond donors (Lipinski definition) is 0. The van der Waals surface area contributed by atoms with Crippen molar-refractivity contribution in [2.75, 3.05) is 5.75 Å². The van der Waals surface area contributed by atoms with Crippen molar-refractivity contribution in [2.24, 2.45) is 0 Å². The molecule has 0 atom stereocenters. The quantitative estimate of drug-likeness (QED) is 0.546. The fraction of sp³-hybridized carbons (Fsp3) is 0.167. The van der Waals surface area contributed by atoms with E-state index in [1.807, 2.05) is 5.41 Å². The van der Waals surface area contributed by atoms with Crippen LogP contribution in [0.15, 0.2) is 22.1 Å². The highest BCUT2D eigenvalue weighted by atomic mass is 35.5. The van der Waals surface area contributed by atoms with E-state index in [0.717, 1.165) is 6.29 Å². The summed E-state index contributed by atoms with van der Waals surface area (Å²) in [6.45, 7) is 0. The Morgan fingerprint density at radius 2 is 2.56 bits per heavy atom. The number of halogens is 1. The van der Waals surface area contributed by atoms with Gasteiger partial charge in [0.05, 0.1) is 0 Å². The van der Waals surface area contributed by atoms with Crippen LogP contribution in [-0.2, 0) is 4.79 Å². The highest BCUT2D eigenvalue weighted by molar-refractivity contribution is 8.02. The molecule has 0 saturated carbocycles. The van der Waals surface area contributed by atoms with Crippen LogP contribution in [0.5, 0.6) is 0 Å². The highest BCUT2D eigenvalue weighted by Crippen LogP contribution is 2.21. The standard InChI is InChI=1S/C6H5ClOS/c7-6-1-2-9-4-5(6)3-8/h1-3H,4H2. The van der Waals surface area contributed by atoms with Gasteiger partial charge in [-0.3, -0.25) is 4.79 Å². The molecular weight excluding hydrogens is 156 g/mol. The molecule has 0 aromatic heterocycles. The molecule has 0 radical (unpaired) electrons. The monoisotopic (exact) mass is 160 g/mol. The molecule has 0 bridgehead atoms. The Kier molecular flexibility index (Phi) is 2.37. The molecule has 0 unspecified atom stereocenters. The molecule has 48 valence electrons. The van der Waals surface area contributed by atoms with Gasteiger partial charge in [-0.1, -0.05) is 11.6 Å². The first kappa shape index (κ1) is 6.90. The van der Waals surface area contributed by atoms with Crippen molar-refractivity contribution in [1.29, 1.82) is 0 Å². The normalized spacial score (nSPS) is 18.3. The fourth-order valence-electron chi connectivity index (χ4n) is 0.512. The Hall–Kier alpha value is -0.210.